The van der Waals surface area contributed by atoms with Gasteiger partial charge in [-0.2, -0.15) is 0 Å². The van der Waals surface area contributed by atoms with Gasteiger partial charge < -0.3 is 19.9 Å². The molecule has 0 aliphatic carbocycles. The van der Waals surface area contributed by atoms with Gasteiger partial charge in [-0.25, -0.2) is 13.8 Å². The minimum Gasteiger partial charge on any atom is -0.492 e. The van der Waals surface area contributed by atoms with Gasteiger partial charge >= 0.3 is 0 Å². The first-order valence-corrected chi connectivity index (χ1v) is 10.5. The van der Waals surface area contributed by atoms with Crippen LogP contribution in [-0.4, -0.2) is 68.2 Å². The highest BCUT2D eigenvalue weighted by Gasteiger charge is 2.26. The van der Waals surface area contributed by atoms with Crippen LogP contribution in [0.1, 0.15) is 32.6 Å². The lowest BCUT2D eigenvalue weighted by Crippen LogP contribution is -2.41. The van der Waals surface area contributed by atoms with Crippen LogP contribution in [-0.2, 0) is 0 Å². The lowest BCUT2D eigenvalue weighted by Gasteiger charge is -2.29. The number of rotatable bonds is 7. The second-order valence-electron chi connectivity index (χ2n) is 7.62. The molecule has 5 nitrogen and oxygen atoms in total. The van der Waals surface area contributed by atoms with Gasteiger partial charge in [0.15, 0.2) is 17.6 Å². The van der Waals surface area contributed by atoms with Crippen molar-refractivity contribution in [3.63, 3.8) is 0 Å². The van der Waals surface area contributed by atoms with E-state index in [2.05, 4.69) is 27.0 Å². The largest absolute Gasteiger partial charge is 0.492 e. The summed E-state index contributed by atoms with van der Waals surface area (Å²) >= 11 is 0. The number of piperidine rings is 1. The molecular formula is C21H32F2N4O. The molecule has 3 rings (SSSR count). The van der Waals surface area contributed by atoms with E-state index in [1.165, 1.54) is 51.4 Å². The van der Waals surface area contributed by atoms with Crippen molar-refractivity contribution in [1.82, 2.24) is 15.1 Å². The molecule has 2 aliphatic rings. The Balaban J connectivity index is 1.46. The molecule has 0 aromatic heterocycles. The van der Waals surface area contributed by atoms with E-state index >= 15 is 0 Å². The first-order chi connectivity index (χ1) is 13.7. The van der Waals surface area contributed by atoms with Crippen molar-refractivity contribution in [3.8, 4) is 5.75 Å². The molecule has 1 atom stereocenters. The van der Waals surface area contributed by atoms with Gasteiger partial charge in [0.25, 0.3) is 0 Å². The summed E-state index contributed by atoms with van der Waals surface area (Å²) in [5, 5.41) is 3.36. The number of nitrogens with one attached hydrogen (secondary N) is 1. The molecule has 0 amide bonds. The number of halogens is 2. The Morgan fingerprint density at radius 3 is 2.75 bits per heavy atom. The molecule has 0 radical (unpaired) electrons. The van der Waals surface area contributed by atoms with Gasteiger partial charge in [0.1, 0.15) is 12.4 Å². The Morgan fingerprint density at radius 1 is 1.18 bits per heavy atom. The van der Waals surface area contributed by atoms with Crippen molar-refractivity contribution in [3.05, 3.63) is 29.8 Å². The van der Waals surface area contributed by atoms with E-state index in [0.717, 1.165) is 37.7 Å². The first-order valence-electron chi connectivity index (χ1n) is 10.5. The zero-order valence-electron chi connectivity index (χ0n) is 16.8. The van der Waals surface area contributed by atoms with Crippen LogP contribution in [0.3, 0.4) is 0 Å². The number of hydrogen-bond donors (Lipinski definition) is 1. The Hall–Kier alpha value is -1.89. The molecule has 2 fully saturated rings. The van der Waals surface area contributed by atoms with Crippen LogP contribution >= 0.6 is 0 Å². The number of ether oxygens (including phenoxy) is 1. The van der Waals surface area contributed by atoms with Crippen LogP contribution in [0, 0.1) is 17.6 Å². The zero-order chi connectivity index (χ0) is 19.8. The van der Waals surface area contributed by atoms with Crippen LogP contribution in [0.4, 0.5) is 8.78 Å². The molecule has 1 unspecified atom stereocenters. The monoisotopic (exact) mass is 394 g/mol. The first kappa shape index (κ1) is 20.8. The fourth-order valence-corrected chi connectivity index (χ4v) is 3.99. The SMILES string of the molecule is CCNC(=NCCOc1ccc(F)c(F)c1)N1CCC(CN2CCCCC2)C1. The third-order valence-corrected chi connectivity index (χ3v) is 5.40. The molecule has 1 aromatic rings. The van der Waals surface area contributed by atoms with Crippen molar-refractivity contribution in [2.75, 3.05) is 52.4 Å². The van der Waals surface area contributed by atoms with Gasteiger partial charge in [-0.15, -0.1) is 0 Å². The minimum absolute atomic E-state index is 0.321. The predicted octanol–water partition coefficient (Wildman–Crippen LogP) is 3.12. The van der Waals surface area contributed by atoms with Gasteiger partial charge in [-0.05, 0) is 57.3 Å². The van der Waals surface area contributed by atoms with E-state index in [0.29, 0.717) is 24.8 Å². The summed E-state index contributed by atoms with van der Waals surface area (Å²) in [6.07, 6.45) is 5.24. The molecule has 2 heterocycles. The summed E-state index contributed by atoms with van der Waals surface area (Å²) in [5.41, 5.74) is 0. The number of aliphatic imine (C=N–C) groups is 1. The Kier molecular flexibility index (Phi) is 7.89. The second-order valence-corrected chi connectivity index (χ2v) is 7.62. The molecular weight excluding hydrogens is 362 g/mol. The van der Waals surface area contributed by atoms with Crippen molar-refractivity contribution in [2.24, 2.45) is 10.9 Å². The van der Waals surface area contributed by atoms with Gasteiger partial charge in [-0.3, -0.25) is 0 Å². The van der Waals surface area contributed by atoms with Gasteiger partial charge in [0, 0.05) is 32.2 Å². The molecule has 0 saturated carbocycles. The van der Waals surface area contributed by atoms with Gasteiger partial charge in [0.05, 0.1) is 6.54 Å². The summed E-state index contributed by atoms with van der Waals surface area (Å²) in [6, 6.07) is 3.57. The van der Waals surface area contributed by atoms with Crippen molar-refractivity contribution in [1.29, 1.82) is 0 Å². The van der Waals surface area contributed by atoms with E-state index < -0.39 is 11.6 Å². The number of likely N-dealkylation sites (tertiary alicyclic amines) is 2. The Labute approximate surface area is 166 Å². The summed E-state index contributed by atoms with van der Waals surface area (Å²) in [6.45, 7) is 9.40. The smallest absolute Gasteiger partial charge is 0.194 e. The van der Waals surface area contributed by atoms with Crippen molar-refractivity contribution >= 4 is 5.96 Å². The highest BCUT2D eigenvalue weighted by atomic mass is 19.2. The molecule has 7 heteroatoms. The van der Waals surface area contributed by atoms with Crippen LogP contribution in [0.2, 0.25) is 0 Å². The van der Waals surface area contributed by atoms with Crippen LogP contribution in [0.5, 0.6) is 5.75 Å². The maximum Gasteiger partial charge on any atom is 0.194 e. The lowest BCUT2D eigenvalue weighted by molar-refractivity contribution is 0.198. The molecule has 2 saturated heterocycles. The molecule has 0 bridgehead atoms. The molecule has 1 aromatic carbocycles. The van der Waals surface area contributed by atoms with E-state index in [1.807, 2.05) is 0 Å². The van der Waals surface area contributed by atoms with Crippen molar-refractivity contribution < 1.29 is 13.5 Å². The maximum atomic E-state index is 13.2. The van der Waals surface area contributed by atoms with Crippen molar-refractivity contribution in [2.45, 2.75) is 32.6 Å². The quantitative estimate of drug-likeness (QED) is 0.438. The zero-order valence-corrected chi connectivity index (χ0v) is 16.8. The highest BCUT2D eigenvalue weighted by molar-refractivity contribution is 5.80. The minimum atomic E-state index is -0.897. The van der Waals surface area contributed by atoms with Crippen LogP contribution in [0.15, 0.2) is 23.2 Å². The van der Waals surface area contributed by atoms with Crippen LogP contribution < -0.4 is 10.1 Å². The third kappa shape index (κ3) is 6.06. The standard InChI is InChI=1S/C21H32F2N4O/c1-2-24-21(25-9-13-28-18-6-7-19(22)20(23)14-18)27-12-8-17(16-27)15-26-10-4-3-5-11-26/h6-7,14,17H,2-5,8-13,15-16H2,1H3,(H,24,25). The summed E-state index contributed by atoms with van der Waals surface area (Å²) in [5.74, 6) is 0.166. The highest BCUT2D eigenvalue weighted by Crippen LogP contribution is 2.20. The maximum absolute atomic E-state index is 13.2. The van der Waals surface area contributed by atoms with Crippen LogP contribution in [0.25, 0.3) is 0 Å². The Bertz CT molecular complexity index is 649. The van der Waals surface area contributed by atoms with E-state index in [-0.39, 0.29) is 0 Å². The normalized spacial score (nSPS) is 21.2. The number of guanidine groups is 1. The Morgan fingerprint density at radius 2 is 2.00 bits per heavy atom. The number of benzene rings is 1. The fourth-order valence-electron chi connectivity index (χ4n) is 3.99. The molecule has 2 aliphatic heterocycles. The molecule has 28 heavy (non-hydrogen) atoms. The predicted molar refractivity (Wildman–Crippen MR) is 108 cm³/mol. The number of hydrogen-bond acceptors (Lipinski definition) is 3. The topological polar surface area (TPSA) is 40.1 Å². The lowest BCUT2D eigenvalue weighted by atomic mass is 10.1. The summed E-state index contributed by atoms with van der Waals surface area (Å²) < 4.78 is 31.7. The molecule has 156 valence electrons. The third-order valence-electron chi connectivity index (χ3n) is 5.40. The average Bonchev–Trinajstić information content (AvgIpc) is 3.16. The summed E-state index contributed by atoms with van der Waals surface area (Å²) in [4.78, 5) is 9.59. The fraction of sp³-hybridized carbons (Fsp3) is 0.667. The molecule has 1 N–H and O–H groups in total. The van der Waals surface area contributed by atoms with E-state index in [4.69, 9.17) is 4.74 Å². The van der Waals surface area contributed by atoms with Gasteiger partial charge in [-0.1, -0.05) is 6.42 Å². The average molecular weight is 395 g/mol. The summed E-state index contributed by atoms with van der Waals surface area (Å²) in [7, 11) is 0. The molecule has 0 spiro atoms. The van der Waals surface area contributed by atoms with Gasteiger partial charge in [0.2, 0.25) is 0 Å². The van der Waals surface area contributed by atoms with E-state index in [1.54, 1.807) is 0 Å². The second kappa shape index (κ2) is 10.6. The number of nitrogens with zero attached hydrogens (tertiary/aromatic N) is 3. The van der Waals surface area contributed by atoms with E-state index in [9.17, 15) is 8.78 Å².